The molecule has 0 fully saturated rings. The Bertz CT molecular complexity index is 1510. The van der Waals surface area contributed by atoms with Crippen LogP contribution in [-0.2, 0) is 24.5 Å². The molecule has 1 N–H and O–H groups in total. The van der Waals surface area contributed by atoms with Gasteiger partial charge in [-0.1, -0.05) is 24.3 Å². The molecule has 32 heavy (non-hydrogen) atoms. The molecule has 0 atom stereocenters. The van der Waals surface area contributed by atoms with Crippen molar-refractivity contribution in [2.75, 3.05) is 12.4 Å². The van der Waals surface area contributed by atoms with Gasteiger partial charge in [-0.15, -0.1) is 5.10 Å². The first-order valence-electron chi connectivity index (χ1n) is 9.97. The van der Waals surface area contributed by atoms with Gasteiger partial charge in [0.1, 0.15) is 0 Å². The van der Waals surface area contributed by atoms with Crippen LogP contribution in [0.5, 0.6) is 0 Å². The summed E-state index contributed by atoms with van der Waals surface area (Å²) in [5, 5.41) is 13.2. The van der Waals surface area contributed by atoms with Gasteiger partial charge in [-0.2, -0.15) is 5.10 Å². The van der Waals surface area contributed by atoms with Crippen LogP contribution in [0.3, 0.4) is 0 Å². The number of nitrogens with one attached hydrogen (secondary N) is 1. The van der Waals surface area contributed by atoms with Crippen LogP contribution < -0.4 is 5.32 Å². The molecule has 0 aliphatic heterocycles. The van der Waals surface area contributed by atoms with E-state index in [9.17, 15) is 8.42 Å². The Morgan fingerprint density at radius 1 is 1.06 bits per heavy atom. The van der Waals surface area contributed by atoms with Gasteiger partial charge in [0.2, 0.25) is 16.8 Å². The second-order valence-corrected chi connectivity index (χ2v) is 8.67. The van der Waals surface area contributed by atoms with Crippen molar-refractivity contribution in [3.05, 3.63) is 72.6 Å². The summed E-state index contributed by atoms with van der Waals surface area (Å²) in [4.78, 5) is 4.44. The van der Waals surface area contributed by atoms with Gasteiger partial charge in [0.15, 0.2) is 0 Å². The molecule has 5 rings (SSSR count). The molecule has 162 valence electrons. The average molecular weight is 448 g/mol. The lowest BCUT2D eigenvalue weighted by molar-refractivity contribution is 0.487. The first-order valence-corrected chi connectivity index (χ1v) is 11.1. The highest BCUT2D eigenvalue weighted by Gasteiger charge is 2.13. The van der Waals surface area contributed by atoms with Gasteiger partial charge in [-0.05, 0) is 35.9 Å². The first-order chi connectivity index (χ1) is 15.5. The summed E-state index contributed by atoms with van der Waals surface area (Å²) in [5.74, 6) is 0.454. The molecule has 0 unspecified atom stereocenters. The van der Waals surface area contributed by atoms with Crippen LogP contribution in [0.2, 0.25) is 0 Å². The Kier molecular flexibility index (Phi) is 5.08. The summed E-state index contributed by atoms with van der Waals surface area (Å²) in [5.41, 5.74) is 5.41. The van der Waals surface area contributed by atoms with Gasteiger partial charge in [-0.3, -0.25) is 4.68 Å². The third-order valence-electron chi connectivity index (χ3n) is 5.37. The summed E-state index contributed by atoms with van der Waals surface area (Å²) in [6, 6.07) is 17.6. The molecule has 0 amide bonds. The molecule has 0 aliphatic carbocycles. The monoisotopic (exact) mass is 447 g/mol. The second-order valence-electron chi connectivity index (χ2n) is 7.51. The van der Waals surface area contributed by atoms with Crippen LogP contribution in [0, 0.1) is 0 Å². The van der Waals surface area contributed by atoms with Crippen molar-refractivity contribution in [3.8, 4) is 11.3 Å². The Morgan fingerprint density at radius 3 is 2.75 bits per heavy atom. The highest BCUT2D eigenvalue weighted by Crippen LogP contribution is 2.27. The maximum absolute atomic E-state index is 11.3. The van der Waals surface area contributed by atoms with E-state index in [1.54, 1.807) is 13.2 Å². The molecule has 2 aromatic carbocycles. The van der Waals surface area contributed by atoms with Crippen molar-refractivity contribution in [1.82, 2.24) is 28.7 Å². The molecular formula is C22H21N7O2S. The predicted molar refractivity (Wildman–Crippen MR) is 124 cm³/mol. The lowest BCUT2D eigenvalue weighted by Gasteiger charge is -2.13. The fraction of sp³-hybridized carbons (Fsp3) is 0.136. The van der Waals surface area contributed by atoms with Crippen molar-refractivity contribution in [3.63, 3.8) is 0 Å². The van der Waals surface area contributed by atoms with E-state index in [1.807, 2.05) is 77.0 Å². The van der Waals surface area contributed by atoms with Crippen molar-refractivity contribution in [2.24, 2.45) is 7.05 Å². The van der Waals surface area contributed by atoms with Gasteiger partial charge in [0.05, 0.1) is 29.1 Å². The number of hydrogen-bond acceptors (Lipinski definition) is 6. The fourth-order valence-corrected chi connectivity index (χ4v) is 4.01. The quantitative estimate of drug-likeness (QED) is 0.389. The Morgan fingerprint density at radius 2 is 1.91 bits per heavy atom. The van der Waals surface area contributed by atoms with Crippen molar-refractivity contribution < 1.29 is 8.42 Å². The van der Waals surface area contributed by atoms with Crippen molar-refractivity contribution >= 4 is 38.9 Å². The van der Waals surface area contributed by atoms with Gasteiger partial charge < -0.3 is 5.32 Å². The topological polar surface area (TPSA) is 97.4 Å². The van der Waals surface area contributed by atoms with Crippen LogP contribution in [-0.4, -0.2) is 44.1 Å². The third-order valence-corrected chi connectivity index (χ3v) is 6.07. The summed E-state index contributed by atoms with van der Waals surface area (Å²) in [6.07, 6.45) is 3.57. The van der Waals surface area contributed by atoms with Crippen LogP contribution in [0.25, 0.3) is 27.7 Å². The molecule has 9 nitrogen and oxygen atoms in total. The summed E-state index contributed by atoms with van der Waals surface area (Å²) < 4.78 is 27.6. The fourth-order valence-electron chi connectivity index (χ4n) is 3.75. The van der Waals surface area contributed by atoms with E-state index in [-0.39, 0.29) is 6.54 Å². The van der Waals surface area contributed by atoms with E-state index in [0.717, 1.165) is 38.9 Å². The Balaban J connectivity index is 1.52. The summed E-state index contributed by atoms with van der Waals surface area (Å²) in [7, 11) is 0.815. The number of fused-ring (bicyclic) bond motifs is 2. The first kappa shape index (κ1) is 20.2. The predicted octanol–water partition coefficient (Wildman–Crippen LogP) is 2.98. The lowest BCUT2D eigenvalue weighted by atomic mass is 10.0. The molecule has 10 heteroatoms. The number of nitrogens with zero attached hydrogens (tertiary/aromatic N) is 6. The van der Waals surface area contributed by atoms with Gasteiger partial charge in [0, 0.05) is 37.3 Å². The maximum atomic E-state index is 11.3. The molecule has 0 saturated heterocycles. The molecule has 3 aromatic heterocycles. The molecule has 0 saturated carbocycles. The lowest BCUT2D eigenvalue weighted by Crippen LogP contribution is -2.16. The second kappa shape index (κ2) is 8.06. The molecule has 5 aromatic rings. The Labute approximate surface area is 186 Å². The highest BCUT2D eigenvalue weighted by atomic mass is 32.2. The number of aryl methyl sites for hydroxylation is 1. The zero-order valence-corrected chi connectivity index (χ0v) is 18.4. The van der Waals surface area contributed by atoms with E-state index in [4.69, 9.17) is 0 Å². The number of aromatic nitrogens is 5. The highest BCUT2D eigenvalue weighted by molar-refractivity contribution is 7.69. The van der Waals surface area contributed by atoms with E-state index >= 15 is 0 Å². The largest absolute Gasteiger partial charge is 0.323 e. The van der Waals surface area contributed by atoms with E-state index in [1.165, 1.54) is 4.31 Å². The smallest absolute Gasteiger partial charge is 0.245 e. The maximum Gasteiger partial charge on any atom is 0.245 e. The minimum absolute atomic E-state index is 0.281. The van der Waals surface area contributed by atoms with Crippen LogP contribution >= 0.6 is 0 Å². The number of rotatable bonds is 6. The molecule has 0 bridgehead atoms. The number of anilines is 2. The standard InChI is InChI=1S/C22H21N7O2S/c1-27(32(30)31)14-15-5-3-4-6-19(15)21-10-8-18-13-23-22(26-29(18)21)25-17-7-9-20-16(11-17)12-24-28(20)2/h3-13,32H,14H2,1-2H3,(H,25,26). The molecule has 0 aliphatic rings. The molecule has 3 heterocycles. The number of hydrogen-bond donors (Lipinski definition) is 2. The summed E-state index contributed by atoms with van der Waals surface area (Å²) >= 11 is 0. The van der Waals surface area contributed by atoms with Crippen molar-refractivity contribution in [2.45, 2.75) is 6.54 Å². The minimum Gasteiger partial charge on any atom is -0.323 e. The summed E-state index contributed by atoms with van der Waals surface area (Å²) in [6.45, 7) is 0.281. The molecule has 0 radical (unpaired) electrons. The van der Waals surface area contributed by atoms with Gasteiger partial charge in [-0.25, -0.2) is 22.2 Å². The van der Waals surface area contributed by atoms with E-state index < -0.39 is 10.9 Å². The van der Waals surface area contributed by atoms with Gasteiger partial charge in [0.25, 0.3) is 0 Å². The normalized spacial score (nSPS) is 11.8. The van der Waals surface area contributed by atoms with Gasteiger partial charge >= 0.3 is 0 Å². The molecule has 0 spiro atoms. The van der Waals surface area contributed by atoms with E-state index in [2.05, 4.69) is 20.5 Å². The molecular weight excluding hydrogens is 426 g/mol. The third kappa shape index (κ3) is 3.70. The number of thiol groups is 1. The zero-order valence-electron chi connectivity index (χ0n) is 17.5. The zero-order chi connectivity index (χ0) is 22.2. The van der Waals surface area contributed by atoms with Crippen LogP contribution in [0.4, 0.5) is 11.6 Å². The van der Waals surface area contributed by atoms with E-state index in [0.29, 0.717) is 5.95 Å². The average Bonchev–Trinajstić information content (AvgIpc) is 3.37. The Hall–Kier alpha value is -3.76. The number of benzene rings is 2. The van der Waals surface area contributed by atoms with Crippen LogP contribution in [0.15, 0.2) is 67.0 Å². The minimum atomic E-state index is -2.65. The van der Waals surface area contributed by atoms with Crippen molar-refractivity contribution in [1.29, 1.82) is 0 Å². The SMILES string of the molecule is CN(Cc1ccccc1-c1ccc2cnc(Nc3ccc4c(cnn4C)c3)nn12)[SH](=O)=O. The van der Waals surface area contributed by atoms with Crippen LogP contribution in [0.1, 0.15) is 5.56 Å².